The molecule has 13 heteroatoms. The molecule has 3 N–H and O–H groups in total. The van der Waals surface area contributed by atoms with E-state index in [1.807, 2.05) is 0 Å². The average Bonchev–Trinajstić information content (AvgIpc) is 3.11. The third kappa shape index (κ3) is 2.88. The van der Waals surface area contributed by atoms with E-state index in [1.165, 1.54) is 17.2 Å². The summed E-state index contributed by atoms with van der Waals surface area (Å²) in [6.07, 6.45) is 0.774. The molecule has 4 unspecified atom stereocenters. The molecule has 127 valence electrons. The van der Waals surface area contributed by atoms with Crippen LogP contribution in [0.3, 0.4) is 0 Å². The van der Waals surface area contributed by atoms with Crippen LogP contribution >= 0.6 is 8.46 Å². The van der Waals surface area contributed by atoms with Gasteiger partial charge in [-0.3, -0.25) is 9.13 Å². The van der Waals surface area contributed by atoms with E-state index in [0.717, 1.165) is 0 Å². The number of imidazole rings is 1. The first-order valence-electron chi connectivity index (χ1n) is 6.88. The van der Waals surface area contributed by atoms with Gasteiger partial charge in [0, 0.05) is 11.3 Å². The Balaban J connectivity index is 1.92. The van der Waals surface area contributed by atoms with Crippen LogP contribution in [-0.4, -0.2) is 49.4 Å². The van der Waals surface area contributed by atoms with Crippen LogP contribution < -0.4 is 5.73 Å². The van der Waals surface area contributed by atoms with Gasteiger partial charge in [0.15, 0.2) is 23.4 Å². The van der Waals surface area contributed by atoms with Gasteiger partial charge >= 0.3 is 0 Å². The number of hydrogen-bond acceptors (Lipinski definition) is 9. The first-order valence-corrected chi connectivity index (χ1v) is 7.99. The molecule has 2 aromatic heterocycles. The van der Waals surface area contributed by atoms with E-state index in [0.29, 0.717) is 11.2 Å². The van der Waals surface area contributed by atoms with Gasteiger partial charge in [-0.25, -0.2) is 15.0 Å². The van der Waals surface area contributed by atoms with Gasteiger partial charge < -0.3 is 20.3 Å². The molecular formula is C11H14N8O4P. The second-order valence-electron chi connectivity index (χ2n) is 5.14. The van der Waals surface area contributed by atoms with Crippen LogP contribution in [-0.2, 0) is 14.0 Å². The third-order valence-corrected chi connectivity index (χ3v) is 3.90. The smallest absolute Gasteiger partial charge is 0.175 e. The van der Waals surface area contributed by atoms with Crippen molar-refractivity contribution in [1.82, 2.24) is 19.5 Å². The lowest BCUT2D eigenvalue weighted by Gasteiger charge is -2.23. The number of rotatable bonds is 6. The zero-order chi connectivity index (χ0) is 17.2. The van der Waals surface area contributed by atoms with Gasteiger partial charge in [0.25, 0.3) is 0 Å². The summed E-state index contributed by atoms with van der Waals surface area (Å²) in [6, 6.07) is 0. The fourth-order valence-electron chi connectivity index (χ4n) is 2.60. The Labute approximate surface area is 136 Å². The highest BCUT2D eigenvalue weighted by molar-refractivity contribution is 7.23. The van der Waals surface area contributed by atoms with Crippen molar-refractivity contribution in [3.63, 3.8) is 0 Å². The number of aromatic nitrogens is 4. The van der Waals surface area contributed by atoms with E-state index < -0.39 is 26.5 Å². The van der Waals surface area contributed by atoms with Crippen molar-refractivity contribution in [3.05, 3.63) is 23.1 Å². The number of fused-ring (bicyclic) bond motifs is 1. The second kappa shape index (κ2) is 6.63. The molecule has 1 fully saturated rings. The van der Waals surface area contributed by atoms with Crippen LogP contribution in [0.1, 0.15) is 12.6 Å². The number of hydrogen-bond donors (Lipinski definition) is 2. The molecule has 0 aromatic carbocycles. The van der Waals surface area contributed by atoms with Crippen molar-refractivity contribution in [3.8, 4) is 0 Å². The van der Waals surface area contributed by atoms with Crippen LogP contribution in [0.2, 0.25) is 0 Å². The predicted molar refractivity (Wildman–Crippen MR) is 82.2 cm³/mol. The molecule has 1 radical (unpaired) electrons. The number of nitrogen functional groups attached to an aromatic ring is 1. The Kier molecular flexibility index (Phi) is 4.56. The lowest BCUT2D eigenvalue weighted by Crippen LogP contribution is -2.31. The summed E-state index contributed by atoms with van der Waals surface area (Å²) < 4.78 is 23.0. The number of ether oxygens (including phenoxy) is 2. The highest BCUT2D eigenvalue weighted by Gasteiger charge is 2.47. The Bertz CT molecular complexity index is 808. The molecule has 1 aliphatic rings. The van der Waals surface area contributed by atoms with Gasteiger partial charge in [0.05, 0.1) is 21.4 Å². The third-order valence-electron chi connectivity index (χ3n) is 3.57. The van der Waals surface area contributed by atoms with Crippen LogP contribution in [0.25, 0.3) is 21.6 Å². The van der Waals surface area contributed by atoms with E-state index in [9.17, 15) is 9.67 Å². The van der Waals surface area contributed by atoms with Gasteiger partial charge in [-0.15, -0.1) is 0 Å². The minimum atomic E-state index is -1.41. The van der Waals surface area contributed by atoms with Gasteiger partial charge in [0.2, 0.25) is 0 Å². The number of aliphatic hydroxyl groups is 1. The monoisotopic (exact) mass is 353 g/mol. The van der Waals surface area contributed by atoms with E-state index in [4.69, 9.17) is 20.7 Å². The van der Waals surface area contributed by atoms with Gasteiger partial charge in [0.1, 0.15) is 24.3 Å². The highest BCUT2D eigenvalue weighted by atomic mass is 31.1. The molecular weight excluding hydrogens is 339 g/mol. The molecule has 3 rings (SSSR count). The standard InChI is InChI=1S/C11H14N8O4P/c12-8-7-9(15-3-14-8)19(4-16-7)10-6(20)1-11(23-10,17-18-13)2-22-5-24-21/h3-4,6,10,20,24H,1-2,5H2,(H2,12,14,15). The van der Waals surface area contributed by atoms with E-state index >= 15 is 0 Å². The van der Waals surface area contributed by atoms with Crippen LogP contribution in [0.5, 0.6) is 0 Å². The summed E-state index contributed by atoms with van der Waals surface area (Å²) >= 11 is 0. The van der Waals surface area contributed by atoms with Crippen molar-refractivity contribution in [1.29, 1.82) is 0 Å². The maximum atomic E-state index is 10.5. The number of nitrogens with zero attached hydrogens (tertiary/aromatic N) is 7. The average molecular weight is 353 g/mol. The molecule has 12 nitrogen and oxygen atoms in total. The molecule has 0 amide bonds. The maximum Gasteiger partial charge on any atom is 0.175 e. The second-order valence-corrected chi connectivity index (χ2v) is 5.71. The molecule has 24 heavy (non-hydrogen) atoms. The number of azide groups is 1. The minimum Gasteiger partial charge on any atom is -0.388 e. The lowest BCUT2D eigenvalue weighted by molar-refractivity contribution is -0.112. The Morgan fingerprint density at radius 2 is 2.46 bits per heavy atom. The summed E-state index contributed by atoms with van der Waals surface area (Å²) in [4.78, 5) is 14.8. The molecule has 0 spiro atoms. The largest absolute Gasteiger partial charge is 0.388 e. The minimum absolute atomic E-state index is 0.00390. The van der Waals surface area contributed by atoms with Gasteiger partial charge in [-0.05, 0) is 5.53 Å². The topological polar surface area (TPSA) is 174 Å². The Morgan fingerprint density at radius 3 is 3.21 bits per heavy atom. The van der Waals surface area contributed by atoms with E-state index in [1.54, 1.807) is 0 Å². The van der Waals surface area contributed by atoms with Gasteiger partial charge in [-0.1, -0.05) is 5.11 Å². The molecule has 2 aromatic rings. The lowest BCUT2D eigenvalue weighted by atomic mass is 10.1. The summed E-state index contributed by atoms with van der Waals surface area (Å²) in [6.45, 7) is -0.135. The summed E-state index contributed by atoms with van der Waals surface area (Å²) in [5, 5.41) is 14.0. The van der Waals surface area contributed by atoms with Crippen molar-refractivity contribution in [2.24, 2.45) is 5.11 Å². The molecule has 1 aliphatic heterocycles. The van der Waals surface area contributed by atoms with Gasteiger partial charge in [-0.2, -0.15) is 0 Å². The fraction of sp³-hybridized carbons (Fsp3) is 0.545. The molecule has 0 saturated carbocycles. The molecule has 1 saturated heterocycles. The van der Waals surface area contributed by atoms with E-state index in [-0.39, 0.29) is 25.2 Å². The molecule has 4 atom stereocenters. The predicted octanol–water partition coefficient (Wildman–Crippen LogP) is 0.693. The number of nitrogens with two attached hydrogens (primary N) is 1. The van der Waals surface area contributed by atoms with Crippen LogP contribution in [0, 0.1) is 0 Å². The Morgan fingerprint density at radius 1 is 1.62 bits per heavy atom. The summed E-state index contributed by atoms with van der Waals surface area (Å²) in [5.74, 6) is 0.201. The van der Waals surface area contributed by atoms with Crippen molar-refractivity contribution < 1.29 is 19.1 Å². The zero-order valence-electron chi connectivity index (χ0n) is 12.3. The van der Waals surface area contributed by atoms with Crippen LogP contribution in [0.15, 0.2) is 17.8 Å². The van der Waals surface area contributed by atoms with E-state index in [2.05, 4.69) is 25.0 Å². The quantitative estimate of drug-likeness (QED) is 0.251. The summed E-state index contributed by atoms with van der Waals surface area (Å²) in [7, 11) is -0.651. The number of anilines is 1. The molecule has 0 aliphatic carbocycles. The summed E-state index contributed by atoms with van der Waals surface area (Å²) in [5.41, 5.74) is 13.9. The van der Waals surface area contributed by atoms with Crippen molar-refractivity contribution in [2.75, 3.05) is 18.7 Å². The first-order chi connectivity index (χ1) is 11.6. The SMILES string of the molecule is [N-]=[N+]=NC1(COC[PH]=O)CC(O)C(n2cnc3c(N)ncnc32)O1. The van der Waals surface area contributed by atoms with Crippen molar-refractivity contribution in [2.45, 2.75) is 24.5 Å². The van der Waals surface area contributed by atoms with Crippen LogP contribution in [0.4, 0.5) is 5.82 Å². The normalized spacial score (nSPS) is 26.7. The zero-order valence-corrected chi connectivity index (χ0v) is 13.3. The maximum absolute atomic E-state index is 10.5. The Hall–Kier alpha value is -2.36. The fourth-order valence-corrected chi connectivity index (χ4v) is 2.78. The highest BCUT2D eigenvalue weighted by Crippen LogP contribution is 2.39. The molecule has 0 bridgehead atoms. The molecule has 3 heterocycles. The first kappa shape index (κ1) is 16.5. The number of aliphatic hydroxyl groups excluding tert-OH is 1. The van der Waals surface area contributed by atoms with Crippen molar-refractivity contribution >= 4 is 25.4 Å².